The van der Waals surface area contributed by atoms with E-state index in [0.717, 1.165) is 18.8 Å². The smallest absolute Gasteiger partial charge is 0.248 e. The summed E-state index contributed by atoms with van der Waals surface area (Å²) < 4.78 is 0. The fourth-order valence-corrected chi connectivity index (χ4v) is 2.17. The Morgan fingerprint density at radius 1 is 1.16 bits per heavy atom. The first-order valence-electron chi connectivity index (χ1n) is 6.75. The fraction of sp³-hybridized carbons (Fsp3) is 0.312. The average Bonchev–Trinajstić information content (AvgIpc) is 2.94. The molecule has 1 aromatic rings. The first-order chi connectivity index (χ1) is 9.29. The monoisotopic (exact) mass is 256 g/mol. The molecule has 1 amide bonds. The molecule has 1 saturated heterocycles. The van der Waals surface area contributed by atoms with Gasteiger partial charge in [0.25, 0.3) is 0 Å². The second kappa shape index (κ2) is 6.78. The Morgan fingerprint density at radius 2 is 1.84 bits per heavy atom. The second-order valence-electron chi connectivity index (χ2n) is 4.62. The van der Waals surface area contributed by atoms with Crippen LogP contribution in [-0.2, 0) is 4.79 Å². The van der Waals surface area contributed by atoms with Crippen LogP contribution in [0.15, 0.2) is 48.6 Å². The summed E-state index contributed by atoms with van der Waals surface area (Å²) in [6.07, 6.45) is 9.51. The molecule has 0 aromatic heterocycles. The highest BCUT2D eigenvalue weighted by molar-refractivity contribution is 5.99. The SMILES string of the molecule is C/C=C/C=C/C(=O)Nc1ccc(N2CCCC2)cc1. The van der Waals surface area contributed by atoms with Crippen molar-refractivity contribution in [3.05, 3.63) is 48.6 Å². The molecule has 0 spiro atoms. The molecule has 1 heterocycles. The Bertz CT molecular complexity index is 468. The van der Waals surface area contributed by atoms with Crippen molar-refractivity contribution in [3.8, 4) is 0 Å². The van der Waals surface area contributed by atoms with Crippen molar-refractivity contribution in [2.75, 3.05) is 23.3 Å². The zero-order valence-electron chi connectivity index (χ0n) is 11.3. The predicted octanol–water partition coefficient (Wildman–Crippen LogP) is 3.36. The summed E-state index contributed by atoms with van der Waals surface area (Å²) in [5.74, 6) is -0.105. The zero-order valence-corrected chi connectivity index (χ0v) is 11.3. The van der Waals surface area contributed by atoms with Crippen molar-refractivity contribution in [2.24, 2.45) is 0 Å². The molecule has 0 atom stereocenters. The van der Waals surface area contributed by atoms with Crippen LogP contribution in [0.25, 0.3) is 0 Å². The van der Waals surface area contributed by atoms with Crippen molar-refractivity contribution in [3.63, 3.8) is 0 Å². The summed E-state index contributed by atoms with van der Waals surface area (Å²) in [6.45, 7) is 4.19. The predicted molar refractivity (Wildman–Crippen MR) is 80.5 cm³/mol. The number of allylic oxidation sites excluding steroid dienone is 3. The molecule has 1 aliphatic heterocycles. The molecule has 1 aromatic carbocycles. The number of rotatable bonds is 4. The Labute approximate surface area is 114 Å². The van der Waals surface area contributed by atoms with E-state index in [-0.39, 0.29) is 5.91 Å². The summed E-state index contributed by atoms with van der Waals surface area (Å²) in [6, 6.07) is 8.04. The van der Waals surface area contributed by atoms with Crippen molar-refractivity contribution in [1.29, 1.82) is 0 Å². The van der Waals surface area contributed by atoms with Crippen LogP contribution in [-0.4, -0.2) is 19.0 Å². The van der Waals surface area contributed by atoms with Gasteiger partial charge in [-0.05, 0) is 44.0 Å². The van der Waals surface area contributed by atoms with Crippen LogP contribution in [0.5, 0.6) is 0 Å². The molecule has 1 N–H and O–H groups in total. The Morgan fingerprint density at radius 3 is 2.47 bits per heavy atom. The van der Waals surface area contributed by atoms with E-state index in [1.165, 1.54) is 24.6 Å². The van der Waals surface area contributed by atoms with Crippen molar-refractivity contribution in [1.82, 2.24) is 0 Å². The number of amides is 1. The van der Waals surface area contributed by atoms with Crippen LogP contribution >= 0.6 is 0 Å². The molecule has 0 bridgehead atoms. The van der Waals surface area contributed by atoms with Gasteiger partial charge in [-0.2, -0.15) is 0 Å². The summed E-state index contributed by atoms with van der Waals surface area (Å²) >= 11 is 0. The topological polar surface area (TPSA) is 32.3 Å². The maximum absolute atomic E-state index is 11.6. The molecule has 1 aliphatic rings. The lowest BCUT2D eigenvalue weighted by Gasteiger charge is -2.17. The van der Waals surface area contributed by atoms with E-state index in [9.17, 15) is 4.79 Å². The normalized spacial score (nSPS) is 15.5. The van der Waals surface area contributed by atoms with Crippen LogP contribution in [0.4, 0.5) is 11.4 Å². The van der Waals surface area contributed by atoms with Gasteiger partial charge in [0, 0.05) is 30.5 Å². The number of anilines is 2. The lowest BCUT2D eigenvalue weighted by atomic mass is 10.2. The zero-order chi connectivity index (χ0) is 13.5. The minimum Gasteiger partial charge on any atom is -0.372 e. The summed E-state index contributed by atoms with van der Waals surface area (Å²) in [5.41, 5.74) is 2.07. The Hall–Kier alpha value is -2.03. The lowest BCUT2D eigenvalue weighted by Crippen LogP contribution is -2.17. The van der Waals surface area contributed by atoms with E-state index in [1.54, 1.807) is 6.08 Å². The molecule has 3 heteroatoms. The first-order valence-corrected chi connectivity index (χ1v) is 6.75. The third kappa shape index (κ3) is 3.98. The molecule has 0 saturated carbocycles. The summed E-state index contributed by atoms with van der Waals surface area (Å²) in [4.78, 5) is 14.0. The molecule has 0 radical (unpaired) electrons. The quantitative estimate of drug-likeness (QED) is 0.662. The maximum Gasteiger partial charge on any atom is 0.248 e. The van der Waals surface area contributed by atoms with Gasteiger partial charge in [0.05, 0.1) is 0 Å². The van der Waals surface area contributed by atoms with Crippen LogP contribution in [0.2, 0.25) is 0 Å². The highest BCUT2D eigenvalue weighted by atomic mass is 16.1. The number of carbonyl (C=O) groups excluding carboxylic acids is 1. The van der Waals surface area contributed by atoms with E-state index in [1.807, 2.05) is 31.2 Å². The fourth-order valence-electron chi connectivity index (χ4n) is 2.17. The largest absolute Gasteiger partial charge is 0.372 e. The molecular formula is C16H20N2O. The average molecular weight is 256 g/mol. The summed E-state index contributed by atoms with van der Waals surface area (Å²) in [7, 11) is 0. The van der Waals surface area contributed by atoms with Gasteiger partial charge in [0.15, 0.2) is 0 Å². The van der Waals surface area contributed by atoms with Crippen molar-refractivity contribution in [2.45, 2.75) is 19.8 Å². The molecule has 2 rings (SSSR count). The van der Waals surface area contributed by atoms with Gasteiger partial charge in [0.1, 0.15) is 0 Å². The van der Waals surface area contributed by atoms with E-state index in [0.29, 0.717) is 0 Å². The third-order valence-electron chi connectivity index (χ3n) is 3.16. The van der Waals surface area contributed by atoms with Gasteiger partial charge in [-0.25, -0.2) is 0 Å². The van der Waals surface area contributed by atoms with Crippen molar-refractivity contribution < 1.29 is 4.79 Å². The lowest BCUT2D eigenvalue weighted by molar-refractivity contribution is -0.111. The van der Waals surface area contributed by atoms with Crippen LogP contribution in [0.1, 0.15) is 19.8 Å². The maximum atomic E-state index is 11.6. The van der Waals surface area contributed by atoms with Gasteiger partial charge in [0.2, 0.25) is 5.91 Å². The highest BCUT2D eigenvalue weighted by Crippen LogP contribution is 2.21. The van der Waals surface area contributed by atoms with Gasteiger partial charge < -0.3 is 10.2 Å². The number of hydrogen-bond donors (Lipinski definition) is 1. The van der Waals surface area contributed by atoms with Gasteiger partial charge >= 0.3 is 0 Å². The minimum atomic E-state index is -0.105. The summed E-state index contributed by atoms with van der Waals surface area (Å²) in [5, 5.41) is 2.84. The number of hydrogen-bond acceptors (Lipinski definition) is 2. The van der Waals surface area contributed by atoms with Gasteiger partial charge in [-0.1, -0.05) is 18.2 Å². The van der Waals surface area contributed by atoms with Crippen LogP contribution in [0, 0.1) is 0 Å². The number of nitrogens with one attached hydrogen (secondary N) is 1. The molecule has 100 valence electrons. The molecule has 1 fully saturated rings. The second-order valence-corrected chi connectivity index (χ2v) is 4.62. The Kier molecular flexibility index (Phi) is 4.78. The van der Waals surface area contributed by atoms with E-state index in [4.69, 9.17) is 0 Å². The molecular weight excluding hydrogens is 236 g/mol. The van der Waals surface area contributed by atoms with E-state index < -0.39 is 0 Å². The van der Waals surface area contributed by atoms with Crippen molar-refractivity contribution >= 4 is 17.3 Å². The highest BCUT2D eigenvalue weighted by Gasteiger charge is 2.11. The van der Waals surface area contributed by atoms with Crippen LogP contribution in [0.3, 0.4) is 0 Å². The van der Waals surface area contributed by atoms with Gasteiger partial charge in [-0.3, -0.25) is 4.79 Å². The van der Waals surface area contributed by atoms with E-state index in [2.05, 4.69) is 22.3 Å². The van der Waals surface area contributed by atoms with E-state index >= 15 is 0 Å². The third-order valence-corrected chi connectivity index (χ3v) is 3.16. The number of nitrogens with zero attached hydrogens (tertiary/aromatic N) is 1. The van der Waals surface area contributed by atoms with Crippen LogP contribution < -0.4 is 10.2 Å². The minimum absolute atomic E-state index is 0.105. The first kappa shape index (κ1) is 13.4. The van der Waals surface area contributed by atoms with Gasteiger partial charge in [-0.15, -0.1) is 0 Å². The number of carbonyl (C=O) groups is 1. The number of benzene rings is 1. The molecule has 0 aliphatic carbocycles. The molecule has 19 heavy (non-hydrogen) atoms. The Balaban J connectivity index is 1.92. The molecule has 3 nitrogen and oxygen atoms in total. The standard InChI is InChI=1S/C16H20N2O/c1-2-3-4-7-16(19)17-14-8-10-15(11-9-14)18-12-5-6-13-18/h2-4,7-11H,5-6,12-13H2,1H3,(H,17,19)/b3-2+,7-4+. The molecule has 0 unspecified atom stereocenters.